The molecule has 2 rings (SSSR count). The van der Waals surface area contributed by atoms with E-state index in [9.17, 15) is 9.90 Å². The zero-order valence-corrected chi connectivity index (χ0v) is 9.04. The number of carboxylic acid groups (broad SMARTS) is 1. The van der Waals surface area contributed by atoms with Crippen LogP contribution in [0.5, 0.6) is 0 Å². The van der Waals surface area contributed by atoms with Gasteiger partial charge in [-0.05, 0) is 18.2 Å². The third-order valence-electron chi connectivity index (χ3n) is 1.98. The Morgan fingerprint density at radius 3 is 2.75 bits per heavy atom. The molecule has 0 bridgehead atoms. The summed E-state index contributed by atoms with van der Waals surface area (Å²) in [6, 6.07) is 4.95. The Balaban J connectivity index is 0.00000128. The predicted octanol–water partition coefficient (Wildman–Crippen LogP) is -3.15. The van der Waals surface area contributed by atoms with E-state index in [-0.39, 0.29) is 24.6 Å². The van der Waals surface area contributed by atoms with Crippen molar-refractivity contribution in [2.45, 2.75) is 0 Å². The molecule has 0 saturated heterocycles. The molecule has 76 valence electrons. The van der Waals surface area contributed by atoms with Crippen LogP contribution >= 0.6 is 0 Å². The maximum absolute atomic E-state index is 10.6. The maximum atomic E-state index is 10.6. The van der Waals surface area contributed by atoms with Gasteiger partial charge in [0.25, 0.3) is 0 Å². The molecule has 0 aliphatic heterocycles. The smallest absolute Gasteiger partial charge is 0.543 e. The van der Waals surface area contributed by atoms with Gasteiger partial charge >= 0.3 is 18.9 Å². The van der Waals surface area contributed by atoms with Crippen molar-refractivity contribution in [1.82, 2.24) is 14.8 Å². The molecule has 0 radical (unpaired) electrons. The van der Waals surface area contributed by atoms with Crippen molar-refractivity contribution in [3.8, 4) is 11.3 Å². The second kappa shape index (κ2) is 4.97. The van der Waals surface area contributed by atoms with Gasteiger partial charge < -0.3 is 9.90 Å². The fraction of sp³-hybridized carbons (Fsp3) is 0.100. The molecule has 0 aliphatic rings. The quantitative estimate of drug-likeness (QED) is 0.490. The number of hydrogen-bond acceptors (Lipinski definition) is 4. The molecule has 2 aromatic heterocycles. The molecule has 0 saturated carbocycles. The van der Waals surface area contributed by atoms with Crippen LogP contribution in [0.3, 0.4) is 0 Å². The van der Waals surface area contributed by atoms with Crippen molar-refractivity contribution in [2.24, 2.45) is 7.05 Å². The molecule has 5 nitrogen and oxygen atoms in total. The van der Waals surface area contributed by atoms with Gasteiger partial charge in [-0.15, -0.1) is 0 Å². The predicted molar refractivity (Wildman–Crippen MR) is 50.8 cm³/mol. The number of hydrogen-bond donors (Lipinski definition) is 0. The van der Waals surface area contributed by atoms with E-state index < -0.39 is 5.97 Å². The van der Waals surface area contributed by atoms with Crippen molar-refractivity contribution in [3.05, 3.63) is 36.3 Å². The van der Waals surface area contributed by atoms with Crippen LogP contribution in [0.15, 0.2) is 30.6 Å². The topological polar surface area (TPSA) is 70.8 Å². The van der Waals surface area contributed by atoms with Crippen molar-refractivity contribution in [1.29, 1.82) is 0 Å². The summed E-state index contributed by atoms with van der Waals surface area (Å²) in [6.45, 7) is 0. The third kappa shape index (κ3) is 2.51. The van der Waals surface area contributed by atoms with Gasteiger partial charge in [-0.3, -0.25) is 9.67 Å². The molecule has 0 atom stereocenters. The molecular formula is C10H8LiN3O2. The van der Waals surface area contributed by atoms with Crippen LogP contribution in [0.25, 0.3) is 11.3 Å². The van der Waals surface area contributed by atoms with Gasteiger partial charge in [0.05, 0.1) is 17.4 Å². The van der Waals surface area contributed by atoms with E-state index in [1.165, 1.54) is 12.3 Å². The number of carbonyl (C=O) groups excluding carboxylic acids is 1. The summed E-state index contributed by atoms with van der Waals surface area (Å²) in [5.41, 5.74) is 1.34. The first kappa shape index (κ1) is 12.5. The number of aryl methyl sites for hydroxylation is 1. The summed E-state index contributed by atoms with van der Waals surface area (Å²) < 4.78 is 1.65. The molecule has 16 heavy (non-hydrogen) atoms. The fourth-order valence-corrected chi connectivity index (χ4v) is 1.27. The Kier molecular flexibility index (Phi) is 3.88. The Labute approximate surface area is 104 Å². The van der Waals surface area contributed by atoms with Crippen LogP contribution in [0.2, 0.25) is 0 Å². The van der Waals surface area contributed by atoms with E-state index in [1.807, 2.05) is 0 Å². The Bertz CT molecular complexity index is 510. The number of aromatic carboxylic acids is 1. The molecule has 6 heteroatoms. The molecule has 0 fully saturated rings. The first-order valence-corrected chi connectivity index (χ1v) is 4.34. The summed E-state index contributed by atoms with van der Waals surface area (Å²) in [4.78, 5) is 14.3. The Morgan fingerprint density at radius 1 is 1.44 bits per heavy atom. The SMILES string of the molecule is Cn1ccc(-c2ccnc(C(=O)[O-])c2)n1.[Li+]. The molecule has 0 N–H and O–H groups in total. The zero-order chi connectivity index (χ0) is 10.8. The molecule has 0 spiro atoms. The summed E-state index contributed by atoms with van der Waals surface area (Å²) in [6.07, 6.45) is 3.21. The van der Waals surface area contributed by atoms with Crippen molar-refractivity contribution >= 4 is 5.97 Å². The van der Waals surface area contributed by atoms with E-state index in [0.29, 0.717) is 11.3 Å². The molecule has 2 aromatic rings. The van der Waals surface area contributed by atoms with Crippen LogP contribution in [-0.2, 0) is 7.05 Å². The average Bonchev–Trinajstić information content (AvgIpc) is 2.65. The standard InChI is InChI=1S/C10H9N3O2.Li/c1-13-5-3-8(12-13)7-2-4-11-9(6-7)10(14)15;/h2-6H,1H3,(H,14,15);/q;+1/p-1. The first-order chi connectivity index (χ1) is 7.16. The minimum Gasteiger partial charge on any atom is -0.543 e. The first-order valence-electron chi connectivity index (χ1n) is 4.34. The van der Waals surface area contributed by atoms with Crippen LogP contribution in [0.1, 0.15) is 10.5 Å². The second-order valence-electron chi connectivity index (χ2n) is 3.09. The monoisotopic (exact) mass is 209 g/mol. The van der Waals surface area contributed by atoms with Gasteiger partial charge in [0, 0.05) is 25.0 Å². The van der Waals surface area contributed by atoms with E-state index in [0.717, 1.165) is 0 Å². The number of pyridine rings is 1. The molecule has 0 aliphatic carbocycles. The van der Waals surface area contributed by atoms with Crippen LogP contribution in [-0.4, -0.2) is 20.7 Å². The van der Waals surface area contributed by atoms with Gasteiger partial charge in [-0.2, -0.15) is 5.10 Å². The third-order valence-corrected chi connectivity index (χ3v) is 1.98. The minimum atomic E-state index is -1.28. The van der Waals surface area contributed by atoms with Crippen LogP contribution in [0, 0.1) is 0 Å². The average molecular weight is 209 g/mol. The summed E-state index contributed by atoms with van der Waals surface area (Å²) >= 11 is 0. The van der Waals surface area contributed by atoms with Gasteiger partial charge in [0.1, 0.15) is 0 Å². The fourth-order valence-electron chi connectivity index (χ4n) is 1.27. The van der Waals surface area contributed by atoms with Gasteiger partial charge in [0.15, 0.2) is 0 Å². The normalized spacial score (nSPS) is 9.56. The van der Waals surface area contributed by atoms with Crippen molar-refractivity contribution in [3.63, 3.8) is 0 Å². The van der Waals surface area contributed by atoms with Gasteiger partial charge in [-0.1, -0.05) is 0 Å². The summed E-state index contributed by atoms with van der Waals surface area (Å²) in [5, 5.41) is 14.7. The van der Waals surface area contributed by atoms with Gasteiger partial charge in [0.2, 0.25) is 0 Å². The maximum Gasteiger partial charge on any atom is 1.00 e. The number of carbonyl (C=O) groups is 1. The van der Waals surface area contributed by atoms with E-state index in [1.54, 1.807) is 30.1 Å². The van der Waals surface area contributed by atoms with Gasteiger partial charge in [-0.25, -0.2) is 0 Å². The van der Waals surface area contributed by atoms with Crippen molar-refractivity contribution < 1.29 is 28.8 Å². The van der Waals surface area contributed by atoms with Crippen molar-refractivity contribution in [2.75, 3.05) is 0 Å². The summed E-state index contributed by atoms with van der Waals surface area (Å²) in [5.74, 6) is -1.28. The zero-order valence-electron chi connectivity index (χ0n) is 9.04. The number of nitrogens with zero attached hydrogens (tertiary/aromatic N) is 3. The largest absolute Gasteiger partial charge is 1.00 e. The van der Waals surface area contributed by atoms with Crippen LogP contribution in [0.4, 0.5) is 0 Å². The number of aromatic nitrogens is 3. The van der Waals surface area contributed by atoms with E-state index in [4.69, 9.17) is 0 Å². The Morgan fingerprint density at radius 2 is 2.19 bits per heavy atom. The Hall–Kier alpha value is -1.57. The van der Waals surface area contributed by atoms with E-state index >= 15 is 0 Å². The molecule has 0 amide bonds. The summed E-state index contributed by atoms with van der Waals surface area (Å²) in [7, 11) is 1.80. The molecule has 0 aromatic carbocycles. The molecular weight excluding hydrogens is 201 g/mol. The second-order valence-corrected chi connectivity index (χ2v) is 3.09. The molecule has 2 heterocycles. The van der Waals surface area contributed by atoms with Crippen LogP contribution < -0.4 is 24.0 Å². The minimum absolute atomic E-state index is 0. The number of carboxylic acids is 1. The molecule has 0 unspecified atom stereocenters. The van der Waals surface area contributed by atoms with E-state index in [2.05, 4.69) is 10.1 Å². The number of rotatable bonds is 2.